The Bertz CT molecular complexity index is 427. The first kappa shape index (κ1) is 18.0. The molecule has 0 fully saturated rings. The first-order chi connectivity index (χ1) is 9.94. The minimum Gasteiger partial charge on any atom is -0.368 e. The SMILES string of the molecule is CCC(CC)N(CC(C)C)c1ccc(F)cc1C(C)NC. The van der Waals surface area contributed by atoms with E-state index >= 15 is 0 Å². The van der Waals surface area contributed by atoms with E-state index < -0.39 is 0 Å². The van der Waals surface area contributed by atoms with Crippen LogP contribution in [0.1, 0.15) is 59.1 Å². The van der Waals surface area contributed by atoms with E-state index in [4.69, 9.17) is 0 Å². The molecule has 0 spiro atoms. The Morgan fingerprint density at radius 3 is 2.24 bits per heavy atom. The molecule has 2 nitrogen and oxygen atoms in total. The molecule has 1 atom stereocenters. The minimum atomic E-state index is -0.162. The fourth-order valence-corrected chi connectivity index (χ4v) is 2.86. The van der Waals surface area contributed by atoms with Gasteiger partial charge in [-0.25, -0.2) is 4.39 Å². The second kappa shape index (κ2) is 8.38. The highest BCUT2D eigenvalue weighted by molar-refractivity contribution is 5.56. The van der Waals surface area contributed by atoms with Gasteiger partial charge in [0.15, 0.2) is 0 Å². The lowest BCUT2D eigenvalue weighted by atomic mass is 10.0. The van der Waals surface area contributed by atoms with Crippen LogP contribution in [-0.4, -0.2) is 19.6 Å². The van der Waals surface area contributed by atoms with Crippen LogP contribution in [0.25, 0.3) is 0 Å². The van der Waals surface area contributed by atoms with E-state index in [9.17, 15) is 4.39 Å². The standard InChI is InChI=1S/C18H31FN2/c1-7-16(8-2)21(12-13(3)4)18-10-9-15(19)11-17(18)14(5)20-6/h9-11,13-14,16,20H,7-8,12H2,1-6H3. The summed E-state index contributed by atoms with van der Waals surface area (Å²) >= 11 is 0. The van der Waals surface area contributed by atoms with Crippen LogP contribution >= 0.6 is 0 Å². The predicted molar refractivity (Wildman–Crippen MR) is 90.4 cm³/mol. The summed E-state index contributed by atoms with van der Waals surface area (Å²) in [7, 11) is 1.92. The van der Waals surface area contributed by atoms with E-state index in [1.165, 1.54) is 5.69 Å². The van der Waals surface area contributed by atoms with Crippen LogP contribution < -0.4 is 10.2 Å². The largest absolute Gasteiger partial charge is 0.368 e. The molecule has 0 bridgehead atoms. The smallest absolute Gasteiger partial charge is 0.123 e. The molecule has 0 radical (unpaired) electrons. The number of benzene rings is 1. The van der Waals surface area contributed by atoms with Gasteiger partial charge in [0, 0.05) is 24.3 Å². The molecule has 0 aliphatic carbocycles. The highest BCUT2D eigenvalue weighted by atomic mass is 19.1. The van der Waals surface area contributed by atoms with Gasteiger partial charge in [-0.2, -0.15) is 0 Å². The summed E-state index contributed by atoms with van der Waals surface area (Å²) in [4.78, 5) is 2.47. The highest BCUT2D eigenvalue weighted by Gasteiger charge is 2.21. The van der Waals surface area contributed by atoms with Crippen LogP contribution in [-0.2, 0) is 0 Å². The molecule has 0 saturated carbocycles. The Hall–Kier alpha value is -1.09. The van der Waals surface area contributed by atoms with Crippen LogP contribution in [0.3, 0.4) is 0 Å². The third-order valence-electron chi connectivity index (χ3n) is 4.14. The van der Waals surface area contributed by atoms with Crippen molar-refractivity contribution in [3.8, 4) is 0 Å². The topological polar surface area (TPSA) is 15.3 Å². The van der Waals surface area contributed by atoms with E-state index in [0.717, 1.165) is 24.9 Å². The van der Waals surface area contributed by atoms with E-state index in [0.29, 0.717) is 12.0 Å². The van der Waals surface area contributed by atoms with Gasteiger partial charge >= 0.3 is 0 Å². The Morgan fingerprint density at radius 1 is 1.14 bits per heavy atom. The maximum absolute atomic E-state index is 13.7. The molecule has 1 N–H and O–H groups in total. The van der Waals surface area contributed by atoms with Crippen molar-refractivity contribution in [1.82, 2.24) is 5.32 Å². The molecule has 0 aromatic heterocycles. The zero-order chi connectivity index (χ0) is 16.0. The van der Waals surface area contributed by atoms with Crippen LogP contribution in [0.4, 0.5) is 10.1 Å². The third-order valence-corrected chi connectivity index (χ3v) is 4.14. The number of rotatable bonds is 8. The minimum absolute atomic E-state index is 0.139. The Labute approximate surface area is 129 Å². The lowest BCUT2D eigenvalue weighted by molar-refractivity contribution is 0.502. The summed E-state index contributed by atoms with van der Waals surface area (Å²) in [6.07, 6.45) is 2.21. The van der Waals surface area contributed by atoms with Crippen molar-refractivity contribution in [1.29, 1.82) is 0 Å². The van der Waals surface area contributed by atoms with Crippen molar-refractivity contribution in [2.24, 2.45) is 5.92 Å². The fraction of sp³-hybridized carbons (Fsp3) is 0.667. The van der Waals surface area contributed by atoms with E-state index in [-0.39, 0.29) is 11.9 Å². The normalized spacial score (nSPS) is 13.0. The number of hydrogen-bond acceptors (Lipinski definition) is 2. The molecule has 1 aromatic carbocycles. The predicted octanol–water partition coefficient (Wildman–Crippen LogP) is 4.76. The Morgan fingerprint density at radius 2 is 1.76 bits per heavy atom. The molecule has 0 heterocycles. The first-order valence-corrected chi connectivity index (χ1v) is 8.17. The zero-order valence-corrected chi connectivity index (χ0v) is 14.4. The van der Waals surface area contributed by atoms with E-state index in [1.807, 2.05) is 13.1 Å². The number of hydrogen-bond donors (Lipinski definition) is 1. The molecule has 1 unspecified atom stereocenters. The van der Waals surface area contributed by atoms with Gasteiger partial charge in [-0.15, -0.1) is 0 Å². The average Bonchev–Trinajstić information content (AvgIpc) is 2.46. The molecule has 0 aliphatic rings. The quantitative estimate of drug-likeness (QED) is 0.744. The van der Waals surface area contributed by atoms with Crippen molar-refractivity contribution >= 4 is 5.69 Å². The van der Waals surface area contributed by atoms with Crippen molar-refractivity contribution in [2.75, 3.05) is 18.5 Å². The van der Waals surface area contributed by atoms with Gasteiger partial charge in [-0.05, 0) is 56.5 Å². The molecule has 1 aromatic rings. The van der Waals surface area contributed by atoms with E-state index in [2.05, 4.69) is 44.8 Å². The highest BCUT2D eigenvalue weighted by Crippen LogP contribution is 2.30. The van der Waals surface area contributed by atoms with Gasteiger partial charge in [-0.1, -0.05) is 27.7 Å². The maximum Gasteiger partial charge on any atom is 0.123 e. The van der Waals surface area contributed by atoms with Gasteiger partial charge in [0.2, 0.25) is 0 Å². The van der Waals surface area contributed by atoms with Gasteiger partial charge in [0.25, 0.3) is 0 Å². The van der Waals surface area contributed by atoms with Crippen LogP contribution in [0.5, 0.6) is 0 Å². The van der Waals surface area contributed by atoms with Gasteiger partial charge in [-0.3, -0.25) is 0 Å². The summed E-state index contributed by atoms with van der Waals surface area (Å²) in [6, 6.07) is 5.84. The summed E-state index contributed by atoms with van der Waals surface area (Å²) in [5.74, 6) is 0.415. The average molecular weight is 294 g/mol. The van der Waals surface area contributed by atoms with Crippen molar-refractivity contribution in [3.05, 3.63) is 29.6 Å². The Kier molecular flexibility index (Phi) is 7.16. The molecule has 3 heteroatoms. The number of nitrogens with one attached hydrogen (secondary N) is 1. The van der Waals surface area contributed by atoms with E-state index in [1.54, 1.807) is 12.1 Å². The monoisotopic (exact) mass is 294 g/mol. The van der Waals surface area contributed by atoms with Gasteiger partial charge < -0.3 is 10.2 Å². The lowest BCUT2D eigenvalue weighted by Crippen LogP contribution is -2.38. The first-order valence-electron chi connectivity index (χ1n) is 8.17. The number of nitrogens with zero attached hydrogens (tertiary/aromatic N) is 1. The molecule has 120 valence electrons. The van der Waals surface area contributed by atoms with Crippen molar-refractivity contribution in [2.45, 2.75) is 59.5 Å². The summed E-state index contributed by atoms with van der Waals surface area (Å²) in [6.45, 7) is 12.0. The molecule has 1 rings (SSSR count). The third kappa shape index (κ3) is 4.70. The summed E-state index contributed by atoms with van der Waals surface area (Å²) in [5.41, 5.74) is 2.21. The van der Waals surface area contributed by atoms with Gasteiger partial charge in [0.05, 0.1) is 0 Å². The van der Waals surface area contributed by atoms with Crippen LogP contribution in [0.2, 0.25) is 0 Å². The maximum atomic E-state index is 13.7. The Balaban J connectivity index is 3.28. The van der Waals surface area contributed by atoms with Crippen LogP contribution in [0, 0.1) is 11.7 Å². The molecule has 21 heavy (non-hydrogen) atoms. The fourth-order valence-electron chi connectivity index (χ4n) is 2.86. The zero-order valence-electron chi connectivity index (χ0n) is 14.4. The van der Waals surface area contributed by atoms with Crippen molar-refractivity contribution < 1.29 is 4.39 Å². The summed E-state index contributed by atoms with van der Waals surface area (Å²) < 4.78 is 13.7. The second-order valence-electron chi connectivity index (χ2n) is 6.23. The molecule has 0 aliphatic heterocycles. The van der Waals surface area contributed by atoms with Crippen molar-refractivity contribution in [3.63, 3.8) is 0 Å². The number of anilines is 1. The lowest BCUT2D eigenvalue weighted by Gasteiger charge is -2.36. The molecule has 0 saturated heterocycles. The summed E-state index contributed by atoms with van der Waals surface area (Å²) in [5, 5.41) is 3.24. The molecule has 0 amide bonds. The van der Waals surface area contributed by atoms with Gasteiger partial charge in [0.1, 0.15) is 5.82 Å². The molecular weight excluding hydrogens is 263 g/mol. The molecular formula is C18H31FN2. The number of halogens is 1. The second-order valence-corrected chi connectivity index (χ2v) is 6.23. The van der Waals surface area contributed by atoms with Crippen LogP contribution in [0.15, 0.2) is 18.2 Å².